The van der Waals surface area contributed by atoms with Crippen LogP contribution in [0.4, 0.5) is 24.5 Å². The van der Waals surface area contributed by atoms with E-state index in [1.54, 1.807) is 6.07 Å². The monoisotopic (exact) mass is 292 g/mol. The number of nitrogens with two attached hydrogens (primary N) is 1. The van der Waals surface area contributed by atoms with E-state index < -0.39 is 34.6 Å². The first-order valence-corrected chi connectivity index (χ1v) is 6.32. The van der Waals surface area contributed by atoms with Crippen LogP contribution in [0.1, 0.15) is 15.9 Å². The Bertz CT molecular complexity index is 746. The molecule has 0 bridgehead atoms. The smallest absolute Gasteiger partial charge is 0.261 e. The molecular formula is C15H11F3N2O. The number of nitrogens with zero attached hydrogens (tertiary/aromatic N) is 1. The molecule has 1 aliphatic rings. The quantitative estimate of drug-likeness (QED) is 0.821. The molecule has 0 saturated heterocycles. The highest BCUT2D eigenvalue weighted by molar-refractivity contribution is 6.08. The molecule has 0 spiro atoms. The lowest BCUT2D eigenvalue weighted by Crippen LogP contribution is -2.30. The Morgan fingerprint density at radius 1 is 1.10 bits per heavy atom. The molecule has 1 heterocycles. The number of benzene rings is 2. The maximum atomic E-state index is 13.9. The molecule has 0 saturated carbocycles. The van der Waals surface area contributed by atoms with Crippen LogP contribution < -0.4 is 10.6 Å². The van der Waals surface area contributed by atoms with Gasteiger partial charge >= 0.3 is 0 Å². The molecule has 3 nitrogen and oxygen atoms in total. The highest BCUT2D eigenvalue weighted by Crippen LogP contribution is 2.31. The summed E-state index contributed by atoms with van der Waals surface area (Å²) in [4.78, 5) is 13.6. The fourth-order valence-corrected chi connectivity index (χ4v) is 2.47. The summed E-state index contributed by atoms with van der Waals surface area (Å²) < 4.78 is 40.6. The van der Waals surface area contributed by atoms with Crippen molar-refractivity contribution in [2.24, 2.45) is 0 Å². The molecule has 6 heteroatoms. The summed E-state index contributed by atoms with van der Waals surface area (Å²) in [6.45, 7) is 0.285. The van der Waals surface area contributed by atoms with Crippen molar-refractivity contribution in [3.8, 4) is 0 Å². The zero-order valence-corrected chi connectivity index (χ0v) is 10.9. The number of hydrogen-bond donors (Lipinski definition) is 1. The number of nitrogen functional groups attached to an aromatic ring is 1. The van der Waals surface area contributed by atoms with Gasteiger partial charge in [-0.25, -0.2) is 13.2 Å². The van der Waals surface area contributed by atoms with Gasteiger partial charge < -0.3 is 10.6 Å². The van der Waals surface area contributed by atoms with E-state index in [1.165, 1.54) is 17.0 Å². The standard InChI is InChI=1S/C15H11F3N2O/c16-9-2-1-8-3-4-20(13(8)7-9)15(21)11-5-10(17)6-12(19)14(11)18/h1-2,5-7H,3-4,19H2. The Labute approximate surface area is 118 Å². The van der Waals surface area contributed by atoms with Crippen LogP contribution in [0.3, 0.4) is 0 Å². The predicted molar refractivity (Wildman–Crippen MR) is 72.6 cm³/mol. The van der Waals surface area contributed by atoms with Gasteiger partial charge in [-0.15, -0.1) is 0 Å². The SMILES string of the molecule is Nc1cc(F)cc(C(=O)N2CCc3ccc(F)cc32)c1F. The van der Waals surface area contributed by atoms with E-state index in [9.17, 15) is 18.0 Å². The molecule has 2 aromatic carbocycles. The molecule has 0 atom stereocenters. The number of carbonyl (C=O) groups excluding carboxylic acids is 1. The minimum atomic E-state index is -0.966. The molecule has 108 valence electrons. The summed E-state index contributed by atoms with van der Waals surface area (Å²) in [5, 5.41) is 0. The first-order valence-electron chi connectivity index (χ1n) is 6.32. The second-order valence-electron chi connectivity index (χ2n) is 4.84. The van der Waals surface area contributed by atoms with Crippen molar-refractivity contribution >= 4 is 17.3 Å². The van der Waals surface area contributed by atoms with Crippen LogP contribution in [0.2, 0.25) is 0 Å². The Kier molecular flexibility index (Phi) is 3.08. The Hall–Kier alpha value is -2.50. The van der Waals surface area contributed by atoms with E-state index in [2.05, 4.69) is 0 Å². The molecule has 0 aromatic heterocycles. The Balaban J connectivity index is 2.04. The van der Waals surface area contributed by atoms with Crippen molar-refractivity contribution in [3.63, 3.8) is 0 Å². The highest BCUT2D eigenvalue weighted by Gasteiger charge is 2.28. The van der Waals surface area contributed by atoms with E-state index in [1.807, 2.05) is 0 Å². The summed E-state index contributed by atoms with van der Waals surface area (Å²) >= 11 is 0. The van der Waals surface area contributed by atoms with Gasteiger partial charge in [0.05, 0.1) is 16.9 Å². The number of amides is 1. The van der Waals surface area contributed by atoms with E-state index >= 15 is 0 Å². The summed E-state index contributed by atoms with van der Waals surface area (Å²) in [5.74, 6) is -2.99. The molecule has 0 aliphatic carbocycles. The molecule has 2 N–H and O–H groups in total. The van der Waals surface area contributed by atoms with Crippen molar-refractivity contribution in [1.29, 1.82) is 0 Å². The fourth-order valence-electron chi connectivity index (χ4n) is 2.47. The van der Waals surface area contributed by atoms with Crippen molar-refractivity contribution in [3.05, 3.63) is 58.9 Å². The number of anilines is 2. The lowest BCUT2D eigenvalue weighted by atomic mass is 10.1. The summed E-state index contributed by atoms with van der Waals surface area (Å²) in [5.41, 5.74) is 5.61. The van der Waals surface area contributed by atoms with Crippen molar-refractivity contribution in [2.45, 2.75) is 6.42 Å². The van der Waals surface area contributed by atoms with Crippen molar-refractivity contribution < 1.29 is 18.0 Å². The average Bonchev–Trinajstić information content (AvgIpc) is 2.85. The first-order chi connectivity index (χ1) is 9.97. The molecule has 0 radical (unpaired) electrons. The number of hydrogen-bond acceptors (Lipinski definition) is 2. The maximum Gasteiger partial charge on any atom is 0.261 e. The van der Waals surface area contributed by atoms with Crippen LogP contribution in [0.15, 0.2) is 30.3 Å². The summed E-state index contributed by atoms with van der Waals surface area (Å²) in [6.07, 6.45) is 0.535. The zero-order chi connectivity index (χ0) is 15.1. The number of carbonyl (C=O) groups is 1. The van der Waals surface area contributed by atoms with Gasteiger partial charge in [0, 0.05) is 6.54 Å². The normalized spacial score (nSPS) is 13.4. The minimum Gasteiger partial charge on any atom is -0.396 e. The van der Waals surface area contributed by atoms with E-state index in [0.29, 0.717) is 12.1 Å². The first kappa shape index (κ1) is 13.5. The van der Waals surface area contributed by atoms with Gasteiger partial charge in [-0.1, -0.05) is 6.07 Å². The molecule has 3 rings (SSSR count). The van der Waals surface area contributed by atoms with Crippen LogP contribution >= 0.6 is 0 Å². The lowest BCUT2D eigenvalue weighted by molar-refractivity contribution is 0.0985. The van der Waals surface area contributed by atoms with Crippen LogP contribution in [0.25, 0.3) is 0 Å². The fraction of sp³-hybridized carbons (Fsp3) is 0.133. The third-order valence-corrected chi connectivity index (χ3v) is 3.48. The second-order valence-corrected chi connectivity index (χ2v) is 4.84. The third-order valence-electron chi connectivity index (χ3n) is 3.48. The third kappa shape index (κ3) is 2.22. The van der Waals surface area contributed by atoms with Gasteiger partial charge in [0.2, 0.25) is 0 Å². The average molecular weight is 292 g/mol. The molecule has 1 aliphatic heterocycles. The van der Waals surface area contributed by atoms with Gasteiger partial charge in [-0.2, -0.15) is 0 Å². The molecule has 1 amide bonds. The topological polar surface area (TPSA) is 46.3 Å². The van der Waals surface area contributed by atoms with Gasteiger partial charge in [0.15, 0.2) is 5.82 Å². The highest BCUT2D eigenvalue weighted by atomic mass is 19.1. The number of halogens is 3. The summed E-state index contributed by atoms with van der Waals surface area (Å²) in [6, 6.07) is 5.69. The minimum absolute atomic E-state index is 0.285. The van der Waals surface area contributed by atoms with Gasteiger partial charge in [0.1, 0.15) is 11.6 Å². The zero-order valence-electron chi connectivity index (χ0n) is 10.9. The molecule has 21 heavy (non-hydrogen) atoms. The summed E-state index contributed by atoms with van der Waals surface area (Å²) in [7, 11) is 0. The van der Waals surface area contributed by atoms with Crippen LogP contribution in [0.5, 0.6) is 0 Å². The molecule has 2 aromatic rings. The van der Waals surface area contributed by atoms with E-state index in [4.69, 9.17) is 5.73 Å². The number of fused-ring (bicyclic) bond motifs is 1. The lowest BCUT2D eigenvalue weighted by Gasteiger charge is -2.18. The van der Waals surface area contributed by atoms with E-state index in [-0.39, 0.29) is 6.54 Å². The van der Waals surface area contributed by atoms with Crippen LogP contribution in [-0.4, -0.2) is 12.5 Å². The second kappa shape index (κ2) is 4.80. The molecule has 0 unspecified atom stereocenters. The van der Waals surface area contributed by atoms with Gasteiger partial charge in [-0.05, 0) is 36.2 Å². The van der Waals surface area contributed by atoms with E-state index in [0.717, 1.165) is 17.7 Å². The number of rotatable bonds is 1. The molecule has 0 fully saturated rings. The van der Waals surface area contributed by atoms with Gasteiger partial charge in [0.25, 0.3) is 5.91 Å². The maximum absolute atomic E-state index is 13.9. The predicted octanol–water partition coefficient (Wildman–Crippen LogP) is 2.89. The van der Waals surface area contributed by atoms with Crippen molar-refractivity contribution in [2.75, 3.05) is 17.2 Å². The Morgan fingerprint density at radius 2 is 1.86 bits per heavy atom. The van der Waals surface area contributed by atoms with Crippen LogP contribution in [-0.2, 0) is 6.42 Å². The van der Waals surface area contributed by atoms with Gasteiger partial charge in [-0.3, -0.25) is 4.79 Å². The van der Waals surface area contributed by atoms with Crippen LogP contribution in [0, 0.1) is 17.5 Å². The largest absolute Gasteiger partial charge is 0.396 e. The Morgan fingerprint density at radius 3 is 2.62 bits per heavy atom. The van der Waals surface area contributed by atoms with Crippen molar-refractivity contribution in [1.82, 2.24) is 0 Å². The molecular weight excluding hydrogens is 281 g/mol.